The second-order valence-electron chi connectivity index (χ2n) is 5.73. The number of anilines is 2. The van der Waals surface area contributed by atoms with E-state index in [1.54, 1.807) is 18.2 Å². The van der Waals surface area contributed by atoms with Gasteiger partial charge in [0.25, 0.3) is 0 Å². The summed E-state index contributed by atoms with van der Waals surface area (Å²) < 4.78 is 0. The lowest BCUT2D eigenvalue weighted by Crippen LogP contribution is -2.40. The second kappa shape index (κ2) is 4.88. The van der Waals surface area contributed by atoms with Crippen LogP contribution in [0.2, 0.25) is 0 Å². The Bertz CT molecular complexity index is 450. The average molecular weight is 250 g/mol. The highest BCUT2D eigenvalue weighted by Crippen LogP contribution is 2.30. The van der Waals surface area contributed by atoms with E-state index >= 15 is 0 Å². The van der Waals surface area contributed by atoms with Crippen LogP contribution in [0, 0.1) is 5.41 Å². The van der Waals surface area contributed by atoms with Crippen LogP contribution >= 0.6 is 0 Å². The molecule has 100 valence electrons. The van der Waals surface area contributed by atoms with Gasteiger partial charge in [-0.15, -0.1) is 0 Å². The Labute approximate surface area is 108 Å². The molecule has 0 saturated heterocycles. The zero-order chi connectivity index (χ0) is 14.1. The zero-order valence-electron chi connectivity index (χ0n) is 11.7. The minimum Gasteiger partial charge on any atom is -0.478 e. The molecular formula is C14H22N2O2. The minimum absolute atomic E-state index is 0.0507. The molecule has 4 heteroatoms. The standard InChI is InChI=1S/C14H22N2O2/c1-9(14(2,3)4)16(5)12-8-10(15)6-7-11(12)13(17)18/h6-9H,15H2,1-5H3,(H,17,18). The monoisotopic (exact) mass is 250 g/mol. The quantitative estimate of drug-likeness (QED) is 0.809. The molecule has 1 atom stereocenters. The van der Waals surface area contributed by atoms with Gasteiger partial charge in [0.05, 0.1) is 11.3 Å². The van der Waals surface area contributed by atoms with Crippen LogP contribution in [0.3, 0.4) is 0 Å². The van der Waals surface area contributed by atoms with Gasteiger partial charge in [-0.1, -0.05) is 20.8 Å². The molecule has 0 aliphatic carbocycles. The molecule has 0 amide bonds. The SMILES string of the molecule is CC(N(C)c1cc(N)ccc1C(=O)O)C(C)(C)C. The number of hydrogen-bond acceptors (Lipinski definition) is 3. The largest absolute Gasteiger partial charge is 0.478 e. The van der Waals surface area contributed by atoms with E-state index in [0.29, 0.717) is 11.4 Å². The molecule has 0 aliphatic rings. The van der Waals surface area contributed by atoms with Crippen molar-refractivity contribution in [3.63, 3.8) is 0 Å². The third kappa shape index (κ3) is 2.94. The van der Waals surface area contributed by atoms with Gasteiger partial charge in [-0.05, 0) is 30.5 Å². The summed E-state index contributed by atoms with van der Waals surface area (Å²) >= 11 is 0. The molecule has 1 unspecified atom stereocenters. The Morgan fingerprint density at radius 3 is 2.39 bits per heavy atom. The highest BCUT2D eigenvalue weighted by Gasteiger charge is 2.26. The van der Waals surface area contributed by atoms with Gasteiger partial charge in [0.2, 0.25) is 0 Å². The summed E-state index contributed by atoms with van der Waals surface area (Å²) in [5.74, 6) is -0.932. The summed E-state index contributed by atoms with van der Waals surface area (Å²) in [6.07, 6.45) is 0. The number of carbonyl (C=O) groups is 1. The molecule has 0 aromatic heterocycles. The molecular weight excluding hydrogens is 228 g/mol. The van der Waals surface area contributed by atoms with E-state index in [0.717, 1.165) is 0 Å². The highest BCUT2D eigenvalue weighted by molar-refractivity contribution is 5.95. The number of benzene rings is 1. The van der Waals surface area contributed by atoms with E-state index in [-0.39, 0.29) is 17.0 Å². The maximum atomic E-state index is 11.2. The smallest absolute Gasteiger partial charge is 0.337 e. The van der Waals surface area contributed by atoms with Crippen LogP contribution in [-0.4, -0.2) is 24.2 Å². The summed E-state index contributed by atoms with van der Waals surface area (Å²) in [5.41, 5.74) is 7.32. The van der Waals surface area contributed by atoms with Gasteiger partial charge in [-0.2, -0.15) is 0 Å². The molecule has 4 nitrogen and oxygen atoms in total. The number of rotatable bonds is 3. The summed E-state index contributed by atoms with van der Waals surface area (Å²) in [6.45, 7) is 8.46. The molecule has 3 N–H and O–H groups in total. The van der Waals surface area contributed by atoms with Gasteiger partial charge >= 0.3 is 5.97 Å². The summed E-state index contributed by atoms with van der Waals surface area (Å²) in [7, 11) is 1.90. The number of nitrogen functional groups attached to an aromatic ring is 1. The predicted molar refractivity (Wildman–Crippen MR) is 75.1 cm³/mol. The van der Waals surface area contributed by atoms with E-state index in [1.165, 1.54) is 0 Å². The van der Waals surface area contributed by atoms with Gasteiger partial charge in [-0.25, -0.2) is 4.79 Å². The van der Waals surface area contributed by atoms with Crippen LogP contribution in [0.1, 0.15) is 38.1 Å². The van der Waals surface area contributed by atoms with Crippen molar-refractivity contribution in [3.8, 4) is 0 Å². The fourth-order valence-electron chi connectivity index (χ4n) is 1.81. The first-order valence-corrected chi connectivity index (χ1v) is 6.00. The molecule has 0 aliphatic heterocycles. The first-order chi connectivity index (χ1) is 8.14. The highest BCUT2D eigenvalue weighted by atomic mass is 16.4. The van der Waals surface area contributed by atoms with Crippen molar-refractivity contribution in [2.75, 3.05) is 17.7 Å². The minimum atomic E-state index is -0.932. The van der Waals surface area contributed by atoms with Crippen LogP contribution in [0.25, 0.3) is 0 Å². The fourth-order valence-corrected chi connectivity index (χ4v) is 1.81. The van der Waals surface area contributed by atoms with Crippen LogP contribution in [0.4, 0.5) is 11.4 Å². The van der Waals surface area contributed by atoms with E-state index in [2.05, 4.69) is 27.7 Å². The molecule has 1 rings (SSSR count). The molecule has 0 bridgehead atoms. The number of nitrogens with zero attached hydrogens (tertiary/aromatic N) is 1. The third-order valence-corrected chi connectivity index (χ3v) is 3.47. The van der Waals surface area contributed by atoms with Crippen molar-refractivity contribution in [1.82, 2.24) is 0 Å². The molecule has 0 fully saturated rings. The molecule has 0 saturated carbocycles. The van der Waals surface area contributed by atoms with Crippen molar-refractivity contribution in [1.29, 1.82) is 0 Å². The number of carboxylic acids is 1. The lowest BCUT2D eigenvalue weighted by atomic mass is 9.86. The van der Waals surface area contributed by atoms with E-state index < -0.39 is 5.97 Å². The lowest BCUT2D eigenvalue weighted by molar-refractivity contribution is 0.0697. The van der Waals surface area contributed by atoms with E-state index in [4.69, 9.17) is 5.73 Å². The zero-order valence-corrected chi connectivity index (χ0v) is 11.7. The van der Waals surface area contributed by atoms with Crippen molar-refractivity contribution in [2.45, 2.75) is 33.7 Å². The first kappa shape index (κ1) is 14.4. The maximum Gasteiger partial charge on any atom is 0.337 e. The van der Waals surface area contributed by atoms with Gasteiger partial charge in [0.1, 0.15) is 0 Å². The molecule has 0 heterocycles. The Kier molecular flexibility index (Phi) is 3.89. The van der Waals surface area contributed by atoms with Crippen LogP contribution in [0.5, 0.6) is 0 Å². The Morgan fingerprint density at radius 2 is 1.94 bits per heavy atom. The second-order valence-corrected chi connectivity index (χ2v) is 5.73. The van der Waals surface area contributed by atoms with Crippen LogP contribution < -0.4 is 10.6 Å². The molecule has 1 aromatic rings. The van der Waals surface area contributed by atoms with Crippen LogP contribution in [-0.2, 0) is 0 Å². The van der Waals surface area contributed by atoms with Crippen LogP contribution in [0.15, 0.2) is 18.2 Å². The number of carboxylic acid groups (broad SMARTS) is 1. The number of hydrogen-bond donors (Lipinski definition) is 2. The molecule has 0 radical (unpaired) electrons. The Hall–Kier alpha value is -1.71. The average Bonchev–Trinajstić information content (AvgIpc) is 2.25. The normalized spacial score (nSPS) is 13.2. The van der Waals surface area contributed by atoms with Crippen molar-refractivity contribution in [2.24, 2.45) is 5.41 Å². The fraction of sp³-hybridized carbons (Fsp3) is 0.500. The van der Waals surface area contributed by atoms with Crippen molar-refractivity contribution < 1.29 is 9.90 Å². The summed E-state index contributed by atoms with van der Waals surface area (Å²) in [4.78, 5) is 13.2. The number of aromatic carboxylic acids is 1. The first-order valence-electron chi connectivity index (χ1n) is 6.00. The Balaban J connectivity index is 3.23. The molecule has 1 aromatic carbocycles. The Morgan fingerprint density at radius 1 is 1.39 bits per heavy atom. The predicted octanol–water partition coefficient (Wildman–Crippen LogP) is 2.84. The van der Waals surface area contributed by atoms with E-state index in [9.17, 15) is 9.90 Å². The van der Waals surface area contributed by atoms with Gasteiger partial charge in [0.15, 0.2) is 0 Å². The summed E-state index contributed by atoms with van der Waals surface area (Å²) in [5, 5.41) is 9.22. The topological polar surface area (TPSA) is 66.6 Å². The van der Waals surface area contributed by atoms with Crippen molar-refractivity contribution >= 4 is 17.3 Å². The number of nitrogens with two attached hydrogens (primary N) is 1. The summed E-state index contributed by atoms with van der Waals surface area (Å²) in [6, 6.07) is 5.07. The van der Waals surface area contributed by atoms with Gasteiger partial charge in [-0.3, -0.25) is 0 Å². The maximum absolute atomic E-state index is 11.2. The molecule has 18 heavy (non-hydrogen) atoms. The van der Waals surface area contributed by atoms with Crippen molar-refractivity contribution in [3.05, 3.63) is 23.8 Å². The molecule has 0 spiro atoms. The lowest BCUT2D eigenvalue weighted by Gasteiger charge is -2.37. The van der Waals surface area contributed by atoms with Gasteiger partial charge < -0.3 is 15.7 Å². The van der Waals surface area contributed by atoms with E-state index in [1.807, 2.05) is 11.9 Å². The van der Waals surface area contributed by atoms with Gasteiger partial charge in [0, 0.05) is 18.8 Å². The third-order valence-electron chi connectivity index (χ3n) is 3.47.